The summed E-state index contributed by atoms with van der Waals surface area (Å²) >= 11 is 0. The molecule has 0 amide bonds. The van der Waals surface area contributed by atoms with Crippen LogP contribution in [0.3, 0.4) is 0 Å². The standard InChI is InChI=1S/C18H28N2O4S2/c1-13-10-15(3)18(11-14(13)2)25(21,22)19-12-16-6-8-20(9-7-16)26(23,24)17-4-5-17/h10-11,16-17,19H,4-9,12H2,1-3H3. The molecule has 1 N–H and O–H groups in total. The van der Waals surface area contributed by atoms with Crippen LogP contribution in [0.25, 0.3) is 0 Å². The summed E-state index contributed by atoms with van der Waals surface area (Å²) in [5.41, 5.74) is 2.77. The molecule has 6 nitrogen and oxygen atoms in total. The van der Waals surface area contributed by atoms with Crippen LogP contribution < -0.4 is 4.72 Å². The highest BCUT2D eigenvalue weighted by Gasteiger charge is 2.41. The minimum absolute atomic E-state index is 0.169. The van der Waals surface area contributed by atoms with Crippen molar-refractivity contribution in [1.29, 1.82) is 0 Å². The minimum atomic E-state index is -3.56. The average Bonchev–Trinajstić information content (AvgIpc) is 3.42. The van der Waals surface area contributed by atoms with E-state index in [1.807, 2.05) is 26.8 Å². The lowest BCUT2D eigenvalue weighted by atomic mass is 9.99. The maximum absolute atomic E-state index is 12.7. The molecule has 1 heterocycles. The Balaban J connectivity index is 1.59. The number of hydrogen-bond donors (Lipinski definition) is 1. The van der Waals surface area contributed by atoms with Gasteiger partial charge in [0.15, 0.2) is 0 Å². The Morgan fingerprint density at radius 1 is 0.923 bits per heavy atom. The highest BCUT2D eigenvalue weighted by Crippen LogP contribution is 2.33. The largest absolute Gasteiger partial charge is 0.240 e. The number of benzene rings is 1. The molecule has 0 unspecified atom stereocenters. The second kappa shape index (κ2) is 7.22. The molecule has 0 aromatic heterocycles. The Hall–Kier alpha value is -0.960. The van der Waals surface area contributed by atoms with Gasteiger partial charge in [0.2, 0.25) is 20.0 Å². The predicted octanol–water partition coefficient (Wildman–Crippen LogP) is 2.09. The van der Waals surface area contributed by atoms with Gasteiger partial charge < -0.3 is 0 Å². The third kappa shape index (κ3) is 4.13. The summed E-state index contributed by atoms with van der Waals surface area (Å²) in [5, 5.41) is -0.176. The molecule has 26 heavy (non-hydrogen) atoms. The summed E-state index contributed by atoms with van der Waals surface area (Å²) in [7, 11) is -6.68. The normalized spacial score (nSPS) is 20.4. The van der Waals surface area contributed by atoms with Crippen molar-refractivity contribution in [3.8, 4) is 0 Å². The van der Waals surface area contributed by atoms with E-state index in [0.717, 1.165) is 29.5 Å². The van der Waals surface area contributed by atoms with Crippen LogP contribution in [-0.4, -0.2) is 46.0 Å². The fourth-order valence-electron chi connectivity index (χ4n) is 3.47. The molecule has 8 heteroatoms. The van der Waals surface area contributed by atoms with Crippen molar-refractivity contribution in [3.63, 3.8) is 0 Å². The minimum Gasteiger partial charge on any atom is -0.212 e. The van der Waals surface area contributed by atoms with Crippen molar-refractivity contribution in [1.82, 2.24) is 9.03 Å². The number of sulfonamides is 2. The smallest absolute Gasteiger partial charge is 0.212 e. The molecule has 1 aromatic rings. The van der Waals surface area contributed by atoms with E-state index in [-0.39, 0.29) is 11.2 Å². The first-order valence-electron chi connectivity index (χ1n) is 9.18. The summed E-state index contributed by atoms with van der Waals surface area (Å²) in [5.74, 6) is 0.169. The van der Waals surface area contributed by atoms with Crippen LogP contribution >= 0.6 is 0 Å². The first-order valence-corrected chi connectivity index (χ1v) is 12.2. The number of rotatable bonds is 6. The van der Waals surface area contributed by atoms with Crippen LogP contribution in [0.15, 0.2) is 17.0 Å². The average molecular weight is 401 g/mol. The molecule has 1 saturated carbocycles. The van der Waals surface area contributed by atoms with Crippen LogP contribution in [0.1, 0.15) is 42.4 Å². The van der Waals surface area contributed by atoms with E-state index in [1.165, 1.54) is 0 Å². The van der Waals surface area contributed by atoms with Gasteiger partial charge >= 0.3 is 0 Å². The predicted molar refractivity (Wildman–Crippen MR) is 102 cm³/mol. The monoisotopic (exact) mass is 400 g/mol. The molecule has 3 rings (SSSR count). The summed E-state index contributed by atoms with van der Waals surface area (Å²) < 4.78 is 54.2. The Labute approximate surface area is 157 Å². The molecule has 1 aliphatic heterocycles. The van der Waals surface area contributed by atoms with E-state index in [9.17, 15) is 16.8 Å². The second-order valence-corrected chi connectivity index (χ2v) is 11.6. The second-order valence-electron chi connectivity index (χ2n) is 7.64. The summed E-state index contributed by atoms with van der Waals surface area (Å²) in [6.07, 6.45) is 2.94. The van der Waals surface area contributed by atoms with Crippen LogP contribution in [0, 0.1) is 26.7 Å². The van der Waals surface area contributed by atoms with E-state index >= 15 is 0 Å². The van der Waals surface area contributed by atoms with Crippen LogP contribution in [-0.2, 0) is 20.0 Å². The third-order valence-corrected chi connectivity index (χ3v) is 9.49. The van der Waals surface area contributed by atoms with Crippen LogP contribution in [0.4, 0.5) is 0 Å². The van der Waals surface area contributed by atoms with Gasteiger partial charge in [0, 0.05) is 19.6 Å². The number of nitrogens with one attached hydrogen (secondary N) is 1. The molecule has 2 aliphatic rings. The summed E-state index contributed by atoms with van der Waals surface area (Å²) in [4.78, 5) is 0.328. The number of piperidine rings is 1. The van der Waals surface area contributed by atoms with Gasteiger partial charge in [0.1, 0.15) is 0 Å². The lowest BCUT2D eigenvalue weighted by Gasteiger charge is -2.31. The zero-order valence-corrected chi connectivity index (χ0v) is 17.3. The molecule has 1 aliphatic carbocycles. The van der Waals surface area contributed by atoms with Crippen molar-refractivity contribution in [2.75, 3.05) is 19.6 Å². The lowest BCUT2D eigenvalue weighted by molar-refractivity contribution is 0.274. The SMILES string of the molecule is Cc1cc(C)c(S(=O)(=O)NCC2CCN(S(=O)(=O)C3CC3)CC2)cc1C. The molecule has 1 saturated heterocycles. The zero-order chi connectivity index (χ0) is 19.1. The molecular weight excluding hydrogens is 372 g/mol. The van der Waals surface area contributed by atoms with Gasteiger partial charge in [-0.2, -0.15) is 0 Å². The van der Waals surface area contributed by atoms with Gasteiger partial charge in [-0.05, 0) is 75.1 Å². The first-order chi connectivity index (χ1) is 12.1. The topological polar surface area (TPSA) is 83.6 Å². The maximum atomic E-state index is 12.7. The summed E-state index contributed by atoms with van der Waals surface area (Å²) in [6, 6.07) is 3.61. The molecule has 146 valence electrons. The zero-order valence-electron chi connectivity index (χ0n) is 15.7. The Morgan fingerprint density at radius 2 is 1.50 bits per heavy atom. The molecule has 0 atom stereocenters. The molecule has 1 aromatic carbocycles. The van der Waals surface area contributed by atoms with Crippen molar-refractivity contribution in [2.45, 2.75) is 56.6 Å². The van der Waals surface area contributed by atoms with Crippen molar-refractivity contribution < 1.29 is 16.8 Å². The molecule has 2 fully saturated rings. The Morgan fingerprint density at radius 3 is 2.08 bits per heavy atom. The van der Waals surface area contributed by atoms with Crippen molar-refractivity contribution in [2.24, 2.45) is 5.92 Å². The van der Waals surface area contributed by atoms with Gasteiger partial charge in [0.05, 0.1) is 10.1 Å². The van der Waals surface area contributed by atoms with Gasteiger partial charge in [-0.15, -0.1) is 0 Å². The number of nitrogens with zero attached hydrogens (tertiary/aromatic N) is 1. The van der Waals surface area contributed by atoms with E-state index in [4.69, 9.17) is 0 Å². The van der Waals surface area contributed by atoms with Crippen molar-refractivity contribution in [3.05, 3.63) is 28.8 Å². The third-order valence-electron chi connectivity index (χ3n) is 5.52. The van der Waals surface area contributed by atoms with Gasteiger partial charge in [-0.1, -0.05) is 6.07 Å². The fourth-order valence-corrected chi connectivity index (χ4v) is 6.77. The highest BCUT2D eigenvalue weighted by molar-refractivity contribution is 7.90. The summed E-state index contributed by atoms with van der Waals surface area (Å²) in [6.45, 7) is 7.02. The fraction of sp³-hybridized carbons (Fsp3) is 0.667. The van der Waals surface area contributed by atoms with Gasteiger partial charge in [0.25, 0.3) is 0 Å². The molecule has 0 bridgehead atoms. The Bertz CT molecular complexity index is 882. The first kappa shape index (κ1) is 19.8. The van der Waals surface area contributed by atoms with E-state index in [1.54, 1.807) is 10.4 Å². The Kier molecular flexibility index (Phi) is 5.50. The quantitative estimate of drug-likeness (QED) is 0.793. The van der Waals surface area contributed by atoms with E-state index in [2.05, 4.69) is 4.72 Å². The highest BCUT2D eigenvalue weighted by atomic mass is 32.2. The lowest BCUT2D eigenvalue weighted by Crippen LogP contribution is -2.42. The maximum Gasteiger partial charge on any atom is 0.240 e. The molecule has 0 spiro atoms. The number of aryl methyl sites for hydroxylation is 3. The van der Waals surface area contributed by atoms with Crippen LogP contribution in [0.2, 0.25) is 0 Å². The molecular formula is C18H28N2O4S2. The van der Waals surface area contributed by atoms with E-state index in [0.29, 0.717) is 37.4 Å². The number of hydrogen-bond acceptors (Lipinski definition) is 4. The van der Waals surface area contributed by atoms with Gasteiger partial charge in [-0.3, -0.25) is 0 Å². The van der Waals surface area contributed by atoms with Gasteiger partial charge in [-0.25, -0.2) is 25.9 Å². The van der Waals surface area contributed by atoms with Crippen LogP contribution in [0.5, 0.6) is 0 Å². The van der Waals surface area contributed by atoms with E-state index < -0.39 is 20.0 Å². The van der Waals surface area contributed by atoms with Crippen molar-refractivity contribution >= 4 is 20.0 Å². The molecule has 0 radical (unpaired) electrons.